The molecule has 0 aliphatic rings. The Kier molecular flexibility index (Phi) is 41.6. The van der Waals surface area contributed by atoms with Crippen molar-refractivity contribution < 1.29 is 31.1 Å². The Labute approximate surface area is 751 Å². The first-order valence-electron chi connectivity index (χ1n) is 38.9. The van der Waals surface area contributed by atoms with Gasteiger partial charge in [0.25, 0.3) is 0 Å². The van der Waals surface area contributed by atoms with Gasteiger partial charge in [-0.2, -0.15) is 0 Å². The first-order valence-corrected chi connectivity index (χ1v) is 55.5. The van der Waals surface area contributed by atoms with Crippen LogP contribution < -0.4 is 95.5 Å². The predicted octanol–water partition coefficient (Wildman–Crippen LogP) is 23.4. The van der Waals surface area contributed by atoms with Crippen molar-refractivity contribution in [2.75, 3.05) is 0 Å². The van der Waals surface area contributed by atoms with E-state index in [0.29, 0.717) is 0 Å². The molecule has 0 saturated heterocycles. The van der Waals surface area contributed by atoms with E-state index >= 15 is 0 Å². The van der Waals surface area contributed by atoms with Gasteiger partial charge in [0.2, 0.25) is 0 Å². The summed E-state index contributed by atoms with van der Waals surface area (Å²) >= 11 is -0.451. The molecule has 18 aromatic carbocycles. The predicted molar refractivity (Wildman–Crippen MR) is 534 cm³/mol. The SMILES string of the molecule is [Cl][Pd][Cl].[Cl][Ru][Cl].c1ccc(P(c2ccccc2)c2ccccc2)cc1.c1ccc(P(c2ccccc2)c2ccccc2)cc1.c1ccc(P(c2ccccc2)c2ccccc2)cc1.c1ccc(P(c2ccccc2)c2ccccc2)cc1.c1ccc(P(c2ccccc2)c2ccccc2)cc1.c1ccc(P(c2ccccc2)c2ccccc2)cc1. The van der Waals surface area contributed by atoms with E-state index in [9.17, 15) is 0 Å². The Bertz CT molecular complexity index is 4140. The minimum atomic E-state index is -0.446. The van der Waals surface area contributed by atoms with E-state index in [-0.39, 0.29) is 31.1 Å². The third-order valence-electron chi connectivity index (χ3n) is 18.3. The van der Waals surface area contributed by atoms with Crippen molar-refractivity contribution in [3.8, 4) is 0 Å². The van der Waals surface area contributed by atoms with Gasteiger partial charge in [-0.3, -0.25) is 0 Å². The Hall–Kier alpha value is -9.01. The normalized spacial score (nSPS) is 10.4. The molecule has 18 aromatic rings. The number of halogens is 4. The van der Waals surface area contributed by atoms with Crippen LogP contribution in [0.1, 0.15) is 0 Å². The summed E-state index contributed by atoms with van der Waals surface area (Å²) in [5.41, 5.74) is 0. The van der Waals surface area contributed by atoms with Crippen LogP contribution in [0.4, 0.5) is 0 Å². The summed E-state index contributed by atoms with van der Waals surface area (Å²) < 4.78 is 0. The van der Waals surface area contributed by atoms with E-state index in [2.05, 4.69) is 546 Å². The van der Waals surface area contributed by atoms with Crippen molar-refractivity contribution in [3.63, 3.8) is 0 Å². The molecule has 0 unspecified atom stereocenters. The largest absolute Gasteiger partial charge is 0.0622 e. The smallest absolute Gasteiger partial charge is 0.0134 e. The molecule has 0 spiro atoms. The van der Waals surface area contributed by atoms with Gasteiger partial charge >= 0.3 is 69.5 Å². The molecule has 0 bridgehead atoms. The third-order valence-corrected chi connectivity index (χ3v) is 32.9. The zero-order chi connectivity index (χ0) is 82.9. The second-order valence-electron chi connectivity index (χ2n) is 26.1. The first kappa shape index (κ1) is 91.7. The summed E-state index contributed by atoms with van der Waals surface area (Å²) in [7, 11) is 16.7. The van der Waals surface area contributed by atoms with Crippen molar-refractivity contribution in [1.29, 1.82) is 0 Å². The first-order chi connectivity index (χ1) is 59.5. The van der Waals surface area contributed by atoms with Crippen LogP contribution in [0.2, 0.25) is 0 Å². The van der Waals surface area contributed by atoms with Crippen LogP contribution in [0, 0.1) is 0 Å². The van der Waals surface area contributed by atoms with Crippen molar-refractivity contribution in [2.24, 2.45) is 0 Å². The second kappa shape index (κ2) is 54.4. The summed E-state index contributed by atoms with van der Waals surface area (Å²) in [5, 5.41) is 25.2. The molecular weight excluding hydrogens is 1830 g/mol. The maximum atomic E-state index is 4.85. The van der Waals surface area contributed by atoms with Gasteiger partial charge in [-0.25, -0.2) is 0 Å². The maximum absolute atomic E-state index is 4.85. The molecule has 0 heterocycles. The summed E-state index contributed by atoms with van der Waals surface area (Å²) in [6, 6.07) is 194. The molecule has 12 heteroatoms. The van der Waals surface area contributed by atoms with Gasteiger partial charge in [0.05, 0.1) is 0 Å². The van der Waals surface area contributed by atoms with Gasteiger partial charge in [-0.15, -0.1) is 0 Å². The van der Waals surface area contributed by atoms with Crippen LogP contribution in [0.3, 0.4) is 0 Å². The fourth-order valence-electron chi connectivity index (χ4n) is 13.1. The molecule has 0 radical (unpaired) electrons. The molecule has 0 nitrogen and oxygen atoms in total. The molecule has 0 aromatic heterocycles. The van der Waals surface area contributed by atoms with Gasteiger partial charge in [-0.1, -0.05) is 546 Å². The zero-order valence-electron chi connectivity index (χ0n) is 65.8. The molecule has 18 rings (SSSR count). The van der Waals surface area contributed by atoms with Gasteiger partial charge in [0, 0.05) is 0 Å². The van der Waals surface area contributed by atoms with E-state index in [0.717, 1.165) is 0 Å². The van der Waals surface area contributed by atoms with Gasteiger partial charge < -0.3 is 0 Å². The van der Waals surface area contributed by atoms with E-state index < -0.39 is 47.5 Å². The Morgan fingerprint density at radius 3 is 0.200 bits per heavy atom. The topological polar surface area (TPSA) is 0 Å². The number of hydrogen-bond acceptors (Lipinski definition) is 0. The standard InChI is InChI=1S/6C18H15P.4ClH.Pd.Ru/c6*1-4-10-16(11-5-1)19(17-12-6-2-7-13-17)18-14-8-3-9-15-18;;;;;;/h6*1-15H;4*1H;;/q;;;;;;;;;;2*+2/p-4. The zero-order valence-corrected chi connectivity index (χ0v) is 77.5. The molecule has 0 amide bonds. The molecule has 0 saturated carbocycles. The monoisotopic (exact) mass is 1920 g/mol. The van der Waals surface area contributed by atoms with Crippen molar-refractivity contribution in [1.82, 2.24) is 0 Å². The van der Waals surface area contributed by atoms with E-state index in [4.69, 9.17) is 38.4 Å². The average Bonchev–Trinajstić information content (AvgIpc) is 0.853. The van der Waals surface area contributed by atoms with E-state index in [1.165, 1.54) is 95.5 Å². The van der Waals surface area contributed by atoms with Crippen molar-refractivity contribution >= 4 is 181 Å². The molecule has 598 valence electrons. The average molecular weight is 1920 g/mol. The Balaban J connectivity index is 0.000000139. The van der Waals surface area contributed by atoms with Gasteiger partial charge in [-0.05, 0) is 143 Å². The third kappa shape index (κ3) is 29.7. The van der Waals surface area contributed by atoms with Crippen LogP contribution in [-0.4, -0.2) is 0 Å². The fourth-order valence-corrected chi connectivity index (χ4v) is 26.9. The van der Waals surface area contributed by atoms with Gasteiger partial charge in [0.15, 0.2) is 0 Å². The summed E-state index contributed by atoms with van der Waals surface area (Å²) in [6.45, 7) is 0. The molecular formula is C108H90Cl4P6PdRu. The summed E-state index contributed by atoms with van der Waals surface area (Å²) in [6.07, 6.45) is 0. The second-order valence-corrected chi connectivity index (χ2v) is 44.5. The van der Waals surface area contributed by atoms with Crippen LogP contribution >= 0.6 is 86.0 Å². The minimum Gasteiger partial charge on any atom is -0.0622 e. The molecule has 0 aliphatic carbocycles. The van der Waals surface area contributed by atoms with Crippen molar-refractivity contribution in [3.05, 3.63) is 546 Å². The van der Waals surface area contributed by atoms with Crippen LogP contribution in [-0.2, 0) is 31.1 Å². The molecule has 0 aliphatic heterocycles. The van der Waals surface area contributed by atoms with E-state index in [1.54, 1.807) is 0 Å². The van der Waals surface area contributed by atoms with Gasteiger partial charge in [0.1, 0.15) is 0 Å². The molecule has 0 fully saturated rings. The Morgan fingerprint density at radius 1 is 0.117 bits per heavy atom. The fraction of sp³-hybridized carbons (Fsp3) is 0. The minimum absolute atomic E-state index is 0.106. The van der Waals surface area contributed by atoms with E-state index in [1.807, 2.05) is 0 Å². The number of rotatable bonds is 18. The molecule has 120 heavy (non-hydrogen) atoms. The van der Waals surface area contributed by atoms with Crippen LogP contribution in [0.5, 0.6) is 0 Å². The van der Waals surface area contributed by atoms with Crippen molar-refractivity contribution in [2.45, 2.75) is 0 Å². The molecule has 0 N–H and O–H groups in total. The van der Waals surface area contributed by atoms with Crippen LogP contribution in [0.25, 0.3) is 0 Å². The Morgan fingerprint density at radius 2 is 0.158 bits per heavy atom. The maximum Gasteiger partial charge on any atom is -0.0134 e. The summed E-state index contributed by atoms with van der Waals surface area (Å²) in [4.78, 5) is 0. The quantitative estimate of drug-likeness (QED) is 0.0593. The number of benzene rings is 18. The summed E-state index contributed by atoms with van der Waals surface area (Å²) in [5.74, 6) is 0. The number of hydrogen-bond donors (Lipinski definition) is 0. The molecule has 0 atom stereocenters. The van der Waals surface area contributed by atoms with Crippen LogP contribution in [0.15, 0.2) is 546 Å².